The van der Waals surface area contributed by atoms with Crippen molar-refractivity contribution in [3.05, 3.63) is 18.2 Å². The van der Waals surface area contributed by atoms with Crippen LogP contribution >= 0.6 is 0 Å². The number of H-pyrrole nitrogens is 1. The third kappa shape index (κ3) is 6.01. The molecule has 0 bridgehead atoms. The van der Waals surface area contributed by atoms with Crippen LogP contribution in [0.25, 0.3) is 0 Å². The topological polar surface area (TPSA) is 113 Å². The lowest BCUT2D eigenvalue weighted by atomic mass is 10.1. The number of nitrogens with one attached hydrogen (secondary N) is 3. The molecule has 0 saturated carbocycles. The van der Waals surface area contributed by atoms with E-state index in [0.717, 1.165) is 12.1 Å². The van der Waals surface area contributed by atoms with E-state index in [1.54, 1.807) is 12.5 Å². The maximum absolute atomic E-state index is 11.7. The Morgan fingerprint density at radius 3 is 2.79 bits per heavy atom. The maximum Gasteiger partial charge on any atom is 0.237 e. The molecule has 0 spiro atoms. The predicted molar refractivity (Wildman–Crippen MR) is 71.2 cm³/mol. The fraction of sp³-hybridized carbons (Fsp3) is 0.583. The number of amides is 2. The van der Waals surface area contributed by atoms with Crippen LogP contribution in [0.1, 0.15) is 25.5 Å². The monoisotopic (exact) mass is 267 g/mol. The first-order chi connectivity index (χ1) is 9.13. The van der Waals surface area contributed by atoms with Gasteiger partial charge < -0.3 is 21.4 Å². The Labute approximate surface area is 112 Å². The second-order valence-corrected chi connectivity index (χ2v) is 4.28. The number of carbonyl (C=O) groups excluding carboxylic acids is 2. The second kappa shape index (κ2) is 8.25. The maximum atomic E-state index is 11.7. The van der Waals surface area contributed by atoms with Crippen molar-refractivity contribution in [2.24, 2.45) is 5.73 Å². The van der Waals surface area contributed by atoms with Crippen LogP contribution in [-0.2, 0) is 16.0 Å². The fourth-order valence-electron chi connectivity index (χ4n) is 1.56. The van der Waals surface area contributed by atoms with Gasteiger partial charge in [0.25, 0.3) is 0 Å². The summed E-state index contributed by atoms with van der Waals surface area (Å²) in [5.41, 5.74) is 6.57. The van der Waals surface area contributed by atoms with Crippen molar-refractivity contribution in [1.29, 1.82) is 0 Å². The third-order valence-corrected chi connectivity index (χ3v) is 2.55. The summed E-state index contributed by atoms with van der Waals surface area (Å²) in [5.74, 6) is -0.238. The summed E-state index contributed by atoms with van der Waals surface area (Å²) in [6, 6.07) is -0.619. The van der Waals surface area contributed by atoms with E-state index < -0.39 is 6.04 Å². The highest BCUT2D eigenvalue weighted by molar-refractivity contribution is 5.81. The highest BCUT2D eigenvalue weighted by atomic mass is 16.2. The van der Waals surface area contributed by atoms with E-state index >= 15 is 0 Å². The minimum atomic E-state index is -0.619. The summed E-state index contributed by atoms with van der Waals surface area (Å²) in [6.45, 7) is 2.74. The smallest absolute Gasteiger partial charge is 0.237 e. The van der Waals surface area contributed by atoms with Gasteiger partial charge in [-0.3, -0.25) is 9.59 Å². The lowest BCUT2D eigenvalue weighted by Gasteiger charge is -2.11. The van der Waals surface area contributed by atoms with Gasteiger partial charge in [0.15, 0.2) is 0 Å². The van der Waals surface area contributed by atoms with Gasteiger partial charge in [-0.2, -0.15) is 0 Å². The van der Waals surface area contributed by atoms with Crippen LogP contribution in [0, 0.1) is 0 Å². The minimum absolute atomic E-state index is 0.00138. The molecule has 1 aromatic rings. The Bertz CT molecular complexity index is 391. The molecule has 7 nitrogen and oxygen atoms in total. The van der Waals surface area contributed by atoms with Crippen molar-refractivity contribution in [3.63, 3.8) is 0 Å². The zero-order chi connectivity index (χ0) is 14.1. The van der Waals surface area contributed by atoms with Gasteiger partial charge in [0.05, 0.1) is 12.4 Å². The molecule has 0 aromatic carbocycles. The fourth-order valence-corrected chi connectivity index (χ4v) is 1.56. The highest BCUT2D eigenvalue weighted by Crippen LogP contribution is 1.95. The van der Waals surface area contributed by atoms with Crippen molar-refractivity contribution in [1.82, 2.24) is 20.6 Å². The first kappa shape index (κ1) is 15.2. The lowest BCUT2D eigenvalue weighted by Crippen LogP contribution is -2.44. The first-order valence-corrected chi connectivity index (χ1v) is 6.40. The normalized spacial score (nSPS) is 11.9. The van der Waals surface area contributed by atoms with Crippen LogP contribution < -0.4 is 16.4 Å². The number of nitrogens with zero attached hydrogens (tertiary/aromatic N) is 1. The Hall–Kier alpha value is -1.89. The first-order valence-electron chi connectivity index (χ1n) is 6.40. The number of hydrogen-bond acceptors (Lipinski definition) is 4. The quantitative estimate of drug-likeness (QED) is 0.467. The van der Waals surface area contributed by atoms with Crippen LogP contribution in [0.3, 0.4) is 0 Å². The summed E-state index contributed by atoms with van der Waals surface area (Å²) in [6.07, 6.45) is 4.91. The van der Waals surface area contributed by atoms with Gasteiger partial charge in [-0.15, -0.1) is 0 Å². The molecule has 0 aliphatic heterocycles. The standard InChI is InChI=1S/C12H21N5O2/c1-2-3-11(18)15-4-5-16-12(19)10(13)6-9-7-14-8-17-9/h7-8,10H,2-6,13H2,1H3,(H,14,17)(H,15,18)(H,16,19)/t10-/m0/s1. The van der Waals surface area contributed by atoms with Gasteiger partial charge >= 0.3 is 0 Å². The molecule has 2 amide bonds. The summed E-state index contributed by atoms with van der Waals surface area (Å²) in [7, 11) is 0. The van der Waals surface area contributed by atoms with Crippen molar-refractivity contribution in [3.8, 4) is 0 Å². The van der Waals surface area contributed by atoms with Gasteiger partial charge in [-0.1, -0.05) is 6.92 Å². The molecule has 1 heterocycles. The summed E-state index contributed by atoms with van der Waals surface area (Å²) >= 11 is 0. The number of carbonyl (C=O) groups is 2. The van der Waals surface area contributed by atoms with Crippen molar-refractivity contribution in [2.75, 3.05) is 13.1 Å². The third-order valence-electron chi connectivity index (χ3n) is 2.55. The van der Waals surface area contributed by atoms with Crippen LogP contribution in [0.15, 0.2) is 12.5 Å². The van der Waals surface area contributed by atoms with Crippen molar-refractivity contribution >= 4 is 11.8 Å². The van der Waals surface area contributed by atoms with Gasteiger partial charge in [0.2, 0.25) is 11.8 Å². The average Bonchev–Trinajstić information content (AvgIpc) is 2.87. The average molecular weight is 267 g/mol. The molecule has 19 heavy (non-hydrogen) atoms. The Kier molecular flexibility index (Phi) is 6.59. The minimum Gasteiger partial charge on any atom is -0.354 e. The number of nitrogens with two attached hydrogens (primary N) is 1. The number of hydrogen-bond donors (Lipinski definition) is 4. The lowest BCUT2D eigenvalue weighted by molar-refractivity contribution is -0.123. The van der Waals surface area contributed by atoms with E-state index in [1.807, 2.05) is 6.92 Å². The Morgan fingerprint density at radius 1 is 1.42 bits per heavy atom. The molecular formula is C12H21N5O2. The summed E-state index contributed by atoms with van der Waals surface area (Å²) in [5, 5.41) is 5.39. The van der Waals surface area contributed by atoms with Crippen molar-refractivity contribution < 1.29 is 9.59 Å². The second-order valence-electron chi connectivity index (χ2n) is 4.28. The van der Waals surface area contributed by atoms with E-state index in [0.29, 0.717) is 25.9 Å². The SMILES string of the molecule is CCCC(=O)NCCNC(=O)[C@@H](N)Cc1cnc[nH]1. The molecule has 0 unspecified atom stereocenters. The zero-order valence-corrected chi connectivity index (χ0v) is 11.1. The Morgan fingerprint density at radius 2 is 2.16 bits per heavy atom. The number of imidazole rings is 1. The van der Waals surface area contributed by atoms with E-state index in [1.165, 1.54) is 0 Å². The van der Waals surface area contributed by atoms with E-state index in [2.05, 4.69) is 20.6 Å². The molecule has 0 aliphatic carbocycles. The molecule has 1 atom stereocenters. The van der Waals surface area contributed by atoms with Crippen molar-refractivity contribution in [2.45, 2.75) is 32.2 Å². The zero-order valence-electron chi connectivity index (χ0n) is 11.1. The molecule has 0 aliphatic rings. The summed E-state index contributed by atoms with van der Waals surface area (Å²) in [4.78, 5) is 29.6. The number of rotatable bonds is 8. The molecule has 1 rings (SSSR count). The number of aromatic amines is 1. The molecular weight excluding hydrogens is 246 g/mol. The van der Waals surface area contributed by atoms with Gasteiger partial charge in [0.1, 0.15) is 0 Å². The molecule has 5 N–H and O–H groups in total. The Balaban J connectivity index is 2.15. The van der Waals surface area contributed by atoms with Crippen LogP contribution in [-0.4, -0.2) is 40.9 Å². The molecule has 1 aromatic heterocycles. The van der Waals surface area contributed by atoms with Gasteiger partial charge in [0, 0.05) is 37.8 Å². The molecule has 0 saturated heterocycles. The van der Waals surface area contributed by atoms with Gasteiger partial charge in [-0.25, -0.2) is 4.98 Å². The van der Waals surface area contributed by atoms with Crippen LogP contribution in [0.4, 0.5) is 0 Å². The van der Waals surface area contributed by atoms with Crippen LogP contribution in [0.5, 0.6) is 0 Å². The van der Waals surface area contributed by atoms with E-state index in [4.69, 9.17) is 5.73 Å². The summed E-state index contributed by atoms with van der Waals surface area (Å²) < 4.78 is 0. The molecule has 106 valence electrons. The molecule has 0 radical (unpaired) electrons. The molecule has 7 heteroatoms. The van der Waals surface area contributed by atoms with E-state index in [-0.39, 0.29) is 11.8 Å². The predicted octanol–water partition coefficient (Wildman–Crippen LogP) is -0.688. The molecule has 0 fully saturated rings. The van der Waals surface area contributed by atoms with Gasteiger partial charge in [-0.05, 0) is 6.42 Å². The number of aromatic nitrogens is 2. The highest BCUT2D eigenvalue weighted by Gasteiger charge is 2.14. The van der Waals surface area contributed by atoms with E-state index in [9.17, 15) is 9.59 Å². The van der Waals surface area contributed by atoms with Crippen LogP contribution in [0.2, 0.25) is 0 Å². The largest absolute Gasteiger partial charge is 0.354 e.